The molecule has 0 aliphatic heterocycles. The fraction of sp³-hybridized carbons (Fsp3) is 0.462. The quantitative estimate of drug-likeness (QED) is 0.784. The molecule has 0 saturated carbocycles. The van der Waals surface area contributed by atoms with Crippen molar-refractivity contribution >= 4 is 11.6 Å². The highest BCUT2D eigenvalue weighted by Crippen LogP contribution is 2.21. The zero-order chi connectivity index (χ0) is 13.3. The molecule has 0 saturated heterocycles. The third-order valence-corrected chi connectivity index (χ3v) is 2.87. The van der Waals surface area contributed by atoms with Crippen LogP contribution in [0.25, 0.3) is 0 Å². The Bertz CT molecular complexity index is 554. The second kappa shape index (κ2) is 4.69. The van der Waals surface area contributed by atoms with Crippen LogP contribution < -0.4 is 0 Å². The number of hydrogen-bond acceptors (Lipinski definition) is 3. The van der Waals surface area contributed by atoms with Crippen molar-refractivity contribution < 1.29 is 0 Å². The average molecular weight is 265 g/mol. The van der Waals surface area contributed by atoms with Gasteiger partial charge in [-0.1, -0.05) is 32.4 Å². The van der Waals surface area contributed by atoms with E-state index in [4.69, 9.17) is 11.6 Å². The summed E-state index contributed by atoms with van der Waals surface area (Å²) in [6.07, 6.45) is 4.36. The number of imidazole rings is 1. The molecule has 2 aromatic rings. The second-order valence-corrected chi connectivity index (χ2v) is 5.77. The normalized spacial score (nSPS) is 11.8. The van der Waals surface area contributed by atoms with E-state index in [1.807, 2.05) is 17.8 Å². The van der Waals surface area contributed by atoms with Crippen LogP contribution in [0.5, 0.6) is 0 Å². The van der Waals surface area contributed by atoms with Crippen molar-refractivity contribution in [2.45, 2.75) is 32.6 Å². The van der Waals surface area contributed by atoms with E-state index in [9.17, 15) is 0 Å². The highest BCUT2D eigenvalue weighted by Gasteiger charge is 2.19. The molecular formula is C13H17ClN4. The zero-order valence-electron chi connectivity index (χ0n) is 11.1. The third kappa shape index (κ3) is 2.88. The Balaban J connectivity index is 2.35. The largest absolute Gasteiger partial charge is 0.338 e. The zero-order valence-corrected chi connectivity index (χ0v) is 11.9. The second-order valence-electron chi connectivity index (χ2n) is 5.39. The summed E-state index contributed by atoms with van der Waals surface area (Å²) in [6, 6.07) is 1.80. The van der Waals surface area contributed by atoms with Crippen LogP contribution in [-0.2, 0) is 18.9 Å². The maximum Gasteiger partial charge on any atom is 0.135 e. The van der Waals surface area contributed by atoms with Crippen molar-refractivity contribution in [2.24, 2.45) is 7.05 Å². The van der Waals surface area contributed by atoms with Crippen molar-refractivity contribution in [3.8, 4) is 0 Å². The van der Waals surface area contributed by atoms with E-state index in [0.29, 0.717) is 11.6 Å². The van der Waals surface area contributed by atoms with Crippen LogP contribution in [0.4, 0.5) is 0 Å². The van der Waals surface area contributed by atoms with E-state index in [1.54, 1.807) is 12.3 Å². The van der Waals surface area contributed by atoms with Gasteiger partial charge in [0.25, 0.3) is 0 Å². The van der Waals surface area contributed by atoms with E-state index in [0.717, 1.165) is 17.3 Å². The SMILES string of the molecule is Cn1ccnc1Cc1cc(Cl)nc(C(C)(C)C)n1. The van der Waals surface area contributed by atoms with Crippen LogP contribution in [0.2, 0.25) is 5.15 Å². The van der Waals surface area contributed by atoms with Crippen molar-refractivity contribution in [3.05, 3.63) is 41.0 Å². The predicted molar refractivity (Wildman–Crippen MR) is 71.8 cm³/mol. The number of aryl methyl sites for hydroxylation is 1. The molecule has 0 atom stereocenters. The number of halogens is 1. The predicted octanol–water partition coefficient (Wildman–Crippen LogP) is 2.75. The van der Waals surface area contributed by atoms with Crippen LogP contribution in [0, 0.1) is 0 Å². The van der Waals surface area contributed by atoms with Gasteiger partial charge in [0.1, 0.15) is 16.8 Å². The molecule has 4 nitrogen and oxygen atoms in total. The molecule has 0 amide bonds. The van der Waals surface area contributed by atoms with Crippen LogP contribution in [0.3, 0.4) is 0 Å². The summed E-state index contributed by atoms with van der Waals surface area (Å²) in [5.41, 5.74) is 0.788. The van der Waals surface area contributed by atoms with Gasteiger partial charge in [0.15, 0.2) is 0 Å². The first-order valence-corrected chi connectivity index (χ1v) is 6.24. The van der Waals surface area contributed by atoms with Gasteiger partial charge in [0, 0.05) is 31.3 Å². The topological polar surface area (TPSA) is 43.6 Å². The first-order chi connectivity index (χ1) is 8.36. The summed E-state index contributed by atoms with van der Waals surface area (Å²) in [4.78, 5) is 13.1. The van der Waals surface area contributed by atoms with Gasteiger partial charge in [-0.05, 0) is 6.07 Å². The molecule has 2 aromatic heterocycles. The van der Waals surface area contributed by atoms with Crippen LogP contribution >= 0.6 is 11.6 Å². The molecule has 0 aliphatic rings. The van der Waals surface area contributed by atoms with E-state index in [2.05, 4.69) is 35.7 Å². The molecular weight excluding hydrogens is 248 g/mol. The minimum atomic E-state index is -0.110. The Morgan fingerprint density at radius 3 is 2.56 bits per heavy atom. The van der Waals surface area contributed by atoms with Gasteiger partial charge in [0.05, 0.1) is 5.69 Å². The fourth-order valence-corrected chi connectivity index (χ4v) is 1.83. The highest BCUT2D eigenvalue weighted by atomic mass is 35.5. The molecule has 18 heavy (non-hydrogen) atoms. The summed E-state index contributed by atoms with van der Waals surface area (Å²) in [5.74, 6) is 1.73. The molecule has 5 heteroatoms. The molecule has 0 aliphatic carbocycles. The minimum absolute atomic E-state index is 0.110. The maximum absolute atomic E-state index is 6.06. The van der Waals surface area contributed by atoms with Gasteiger partial charge in [-0.2, -0.15) is 0 Å². The molecule has 2 rings (SSSR count). The molecule has 2 heterocycles. The average Bonchev–Trinajstić information content (AvgIpc) is 2.62. The van der Waals surface area contributed by atoms with Gasteiger partial charge in [-0.3, -0.25) is 0 Å². The van der Waals surface area contributed by atoms with Gasteiger partial charge in [-0.25, -0.2) is 15.0 Å². The summed E-state index contributed by atoms with van der Waals surface area (Å²) in [6.45, 7) is 6.22. The van der Waals surface area contributed by atoms with Crippen LogP contribution in [0.1, 0.15) is 38.1 Å². The monoisotopic (exact) mass is 264 g/mol. The lowest BCUT2D eigenvalue weighted by Crippen LogP contribution is -2.17. The molecule has 0 aromatic carbocycles. The smallest absolute Gasteiger partial charge is 0.135 e. The lowest BCUT2D eigenvalue weighted by atomic mass is 9.95. The third-order valence-electron chi connectivity index (χ3n) is 2.68. The van der Waals surface area contributed by atoms with Gasteiger partial charge < -0.3 is 4.57 Å². The standard InChI is InChI=1S/C13H17ClN4/c1-13(2,3)12-16-9(7-10(14)17-12)8-11-15-5-6-18(11)4/h5-7H,8H2,1-4H3. The van der Waals surface area contributed by atoms with Crippen LogP contribution in [0.15, 0.2) is 18.5 Å². The van der Waals surface area contributed by atoms with E-state index in [-0.39, 0.29) is 5.41 Å². The fourth-order valence-electron chi connectivity index (χ4n) is 1.62. The number of nitrogens with zero attached hydrogens (tertiary/aromatic N) is 4. The molecule has 0 fully saturated rings. The van der Waals surface area contributed by atoms with Crippen molar-refractivity contribution in [1.82, 2.24) is 19.5 Å². The summed E-state index contributed by atoms with van der Waals surface area (Å²) >= 11 is 6.06. The number of hydrogen-bond donors (Lipinski definition) is 0. The molecule has 0 spiro atoms. The van der Waals surface area contributed by atoms with Crippen LogP contribution in [-0.4, -0.2) is 19.5 Å². The summed E-state index contributed by atoms with van der Waals surface area (Å²) in [7, 11) is 1.97. The number of aromatic nitrogens is 4. The van der Waals surface area contributed by atoms with Gasteiger partial charge in [-0.15, -0.1) is 0 Å². The van der Waals surface area contributed by atoms with Crippen molar-refractivity contribution in [1.29, 1.82) is 0 Å². The Morgan fingerprint density at radius 1 is 1.28 bits per heavy atom. The molecule has 0 unspecified atom stereocenters. The Labute approximate surface area is 112 Å². The first-order valence-electron chi connectivity index (χ1n) is 5.86. The first kappa shape index (κ1) is 13.0. The molecule has 0 bridgehead atoms. The minimum Gasteiger partial charge on any atom is -0.338 e. The van der Waals surface area contributed by atoms with E-state index < -0.39 is 0 Å². The van der Waals surface area contributed by atoms with Gasteiger partial charge >= 0.3 is 0 Å². The molecule has 0 radical (unpaired) electrons. The van der Waals surface area contributed by atoms with E-state index in [1.165, 1.54) is 0 Å². The Morgan fingerprint density at radius 2 is 2.00 bits per heavy atom. The van der Waals surface area contributed by atoms with E-state index >= 15 is 0 Å². The lowest BCUT2D eigenvalue weighted by molar-refractivity contribution is 0.541. The molecule has 0 N–H and O–H groups in total. The lowest BCUT2D eigenvalue weighted by Gasteiger charge is -2.17. The number of rotatable bonds is 2. The van der Waals surface area contributed by atoms with Gasteiger partial charge in [0.2, 0.25) is 0 Å². The summed E-state index contributed by atoms with van der Waals surface area (Å²) in [5, 5.41) is 0.485. The summed E-state index contributed by atoms with van der Waals surface area (Å²) < 4.78 is 1.98. The van der Waals surface area contributed by atoms with Crippen molar-refractivity contribution in [3.63, 3.8) is 0 Å². The highest BCUT2D eigenvalue weighted by molar-refractivity contribution is 6.29. The van der Waals surface area contributed by atoms with Crippen molar-refractivity contribution in [2.75, 3.05) is 0 Å². The maximum atomic E-state index is 6.06. The Hall–Kier alpha value is -1.42. The Kier molecular flexibility index (Phi) is 3.39. The molecule has 96 valence electrons.